The largest absolute Gasteiger partial charge is 0.349 e. The number of halogens is 1. The van der Waals surface area contributed by atoms with Gasteiger partial charge in [-0.3, -0.25) is 0 Å². The lowest BCUT2D eigenvalue weighted by atomic mass is 10.0. The van der Waals surface area contributed by atoms with Crippen LogP contribution in [0.2, 0.25) is 5.02 Å². The van der Waals surface area contributed by atoms with Gasteiger partial charge in [-0.2, -0.15) is 0 Å². The fourth-order valence-corrected chi connectivity index (χ4v) is 2.71. The quantitative estimate of drug-likeness (QED) is 0.674. The third-order valence-electron chi connectivity index (χ3n) is 3.54. The Morgan fingerprint density at radius 2 is 1.95 bits per heavy atom. The van der Waals surface area contributed by atoms with Gasteiger partial charge in [0.15, 0.2) is 0 Å². The maximum atomic E-state index is 6.42. The average Bonchev–Trinajstić information content (AvgIpc) is 3.06. The molecule has 2 aromatic carbocycles. The van der Waals surface area contributed by atoms with Crippen LogP contribution in [0.25, 0.3) is 11.1 Å². The van der Waals surface area contributed by atoms with Crippen LogP contribution >= 0.6 is 11.6 Å². The number of benzene rings is 2. The van der Waals surface area contributed by atoms with Gasteiger partial charge < -0.3 is 10.3 Å². The third kappa shape index (κ3) is 3.75. The lowest BCUT2D eigenvalue weighted by Gasteiger charge is -2.08. The number of rotatable bonds is 6. The zero-order valence-corrected chi connectivity index (χ0v) is 13.0. The molecule has 0 unspecified atom stereocenters. The predicted octanol–water partition coefficient (Wildman–Crippen LogP) is 4.06. The molecule has 0 bridgehead atoms. The molecule has 2 N–H and O–H groups in total. The second-order valence-electron chi connectivity index (χ2n) is 5.14. The van der Waals surface area contributed by atoms with Crippen molar-refractivity contribution in [2.75, 3.05) is 6.54 Å². The molecule has 0 spiro atoms. The molecule has 0 fully saturated rings. The smallest absolute Gasteiger partial charge is 0.107 e. The summed E-state index contributed by atoms with van der Waals surface area (Å²) in [5, 5.41) is 4.20. The van der Waals surface area contributed by atoms with Crippen LogP contribution in [0.4, 0.5) is 0 Å². The first-order valence-corrected chi connectivity index (χ1v) is 7.73. The van der Waals surface area contributed by atoms with E-state index in [0.717, 1.165) is 41.5 Å². The monoisotopic (exact) mass is 311 g/mol. The molecule has 1 heterocycles. The lowest BCUT2D eigenvalue weighted by molar-refractivity contribution is 0.674. The Balaban J connectivity index is 1.58. The number of imidazole rings is 1. The molecule has 0 saturated carbocycles. The van der Waals surface area contributed by atoms with Crippen LogP contribution in [0.15, 0.2) is 60.9 Å². The molecule has 3 nitrogen and oxygen atoms in total. The zero-order valence-electron chi connectivity index (χ0n) is 12.2. The van der Waals surface area contributed by atoms with Crippen molar-refractivity contribution >= 4 is 11.6 Å². The summed E-state index contributed by atoms with van der Waals surface area (Å²) in [5.41, 5.74) is 3.40. The van der Waals surface area contributed by atoms with Crippen molar-refractivity contribution in [3.8, 4) is 11.1 Å². The lowest BCUT2D eigenvalue weighted by Crippen LogP contribution is -2.17. The van der Waals surface area contributed by atoms with E-state index in [9.17, 15) is 0 Å². The topological polar surface area (TPSA) is 40.7 Å². The minimum Gasteiger partial charge on any atom is -0.349 e. The van der Waals surface area contributed by atoms with Crippen molar-refractivity contribution in [1.82, 2.24) is 15.3 Å². The molecular weight excluding hydrogens is 294 g/mol. The van der Waals surface area contributed by atoms with Crippen molar-refractivity contribution in [2.45, 2.75) is 13.0 Å². The molecular formula is C18H18ClN3. The fourth-order valence-electron chi connectivity index (χ4n) is 2.39. The first kappa shape index (κ1) is 14.8. The molecule has 22 heavy (non-hydrogen) atoms. The van der Waals surface area contributed by atoms with E-state index >= 15 is 0 Å². The maximum absolute atomic E-state index is 6.42. The number of aromatic nitrogens is 2. The van der Waals surface area contributed by atoms with Gasteiger partial charge in [0.25, 0.3) is 0 Å². The van der Waals surface area contributed by atoms with E-state index in [-0.39, 0.29) is 0 Å². The zero-order chi connectivity index (χ0) is 15.2. The van der Waals surface area contributed by atoms with Gasteiger partial charge in [-0.25, -0.2) is 4.98 Å². The Hall–Kier alpha value is -2.10. The number of hydrogen-bond donors (Lipinski definition) is 2. The summed E-state index contributed by atoms with van der Waals surface area (Å²) in [6.45, 7) is 1.68. The number of nitrogens with zero attached hydrogens (tertiary/aromatic N) is 1. The third-order valence-corrected chi connectivity index (χ3v) is 3.85. The maximum Gasteiger partial charge on any atom is 0.107 e. The molecule has 1 aromatic heterocycles. The van der Waals surface area contributed by atoms with E-state index in [1.54, 1.807) is 6.20 Å². The number of nitrogens with one attached hydrogen (secondary N) is 2. The molecule has 3 rings (SSSR count). The minimum absolute atomic E-state index is 0.788. The molecule has 0 aliphatic heterocycles. The van der Waals surface area contributed by atoms with Gasteiger partial charge in [0, 0.05) is 42.5 Å². The van der Waals surface area contributed by atoms with E-state index in [1.165, 1.54) is 5.56 Å². The molecule has 112 valence electrons. The van der Waals surface area contributed by atoms with E-state index in [2.05, 4.69) is 39.6 Å². The highest BCUT2D eigenvalue weighted by atomic mass is 35.5. The van der Waals surface area contributed by atoms with Crippen LogP contribution in [0.5, 0.6) is 0 Å². The van der Waals surface area contributed by atoms with Gasteiger partial charge in [0.1, 0.15) is 5.82 Å². The Labute approximate surface area is 135 Å². The highest BCUT2D eigenvalue weighted by Crippen LogP contribution is 2.28. The van der Waals surface area contributed by atoms with E-state index < -0.39 is 0 Å². The SMILES string of the molecule is Clc1cc(CNCCc2ncc[nH]2)ccc1-c1ccccc1. The van der Waals surface area contributed by atoms with Gasteiger partial charge >= 0.3 is 0 Å². The second kappa shape index (κ2) is 7.25. The highest BCUT2D eigenvalue weighted by Gasteiger charge is 2.04. The Kier molecular flexibility index (Phi) is 4.88. The summed E-state index contributed by atoms with van der Waals surface area (Å²) >= 11 is 6.42. The van der Waals surface area contributed by atoms with E-state index in [4.69, 9.17) is 11.6 Å². The number of aromatic amines is 1. The van der Waals surface area contributed by atoms with Crippen molar-refractivity contribution in [1.29, 1.82) is 0 Å². The van der Waals surface area contributed by atoms with Crippen molar-refractivity contribution in [3.05, 3.63) is 77.3 Å². The first-order chi connectivity index (χ1) is 10.8. The Morgan fingerprint density at radius 1 is 1.09 bits per heavy atom. The fraction of sp³-hybridized carbons (Fsp3) is 0.167. The summed E-state index contributed by atoms with van der Waals surface area (Å²) in [6, 6.07) is 16.4. The van der Waals surface area contributed by atoms with Gasteiger partial charge in [-0.15, -0.1) is 0 Å². The number of hydrogen-bond acceptors (Lipinski definition) is 2. The molecule has 0 atom stereocenters. The Bertz CT molecular complexity index is 708. The van der Waals surface area contributed by atoms with E-state index in [1.807, 2.05) is 30.5 Å². The summed E-state index contributed by atoms with van der Waals surface area (Å²) < 4.78 is 0. The number of H-pyrrole nitrogens is 1. The van der Waals surface area contributed by atoms with Crippen LogP contribution in [-0.2, 0) is 13.0 Å². The van der Waals surface area contributed by atoms with Crippen LogP contribution in [0, 0.1) is 0 Å². The van der Waals surface area contributed by atoms with Crippen molar-refractivity contribution in [3.63, 3.8) is 0 Å². The molecule has 0 amide bonds. The molecule has 0 saturated heterocycles. The Morgan fingerprint density at radius 3 is 2.68 bits per heavy atom. The molecule has 0 aliphatic carbocycles. The molecule has 0 aliphatic rings. The van der Waals surface area contributed by atoms with E-state index in [0.29, 0.717) is 0 Å². The normalized spacial score (nSPS) is 10.8. The van der Waals surface area contributed by atoms with Crippen LogP contribution in [-0.4, -0.2) is 16.5 Å². The van der Waals surface area contributed by atoms with Crippen molar-refractivity contribution in [2.24, 2.45) is 0 Å². The van der Waals surface area contributed by atoms with Gasteiger partial charge in [-0.05, 0) is 17.2 Å². The average molecular weight is 312 g/mol. The van der Waals surface area contributed by atoms with Crippen LogP contribution in [0.3, 0.4) is 0 Å². The standard InChI is InChI=1S/C18H18ClN3/c19-17-12-14(13-20-9-8-18-21-10-11-22-18)6-7-16(17)15-4-2-1-3-5-15/h1-7,10-12,20H,8-9,13H2,(H,21,22). The predicted molar refractivity (Wildman–Crippen MR) is 90.9 cm³/mol. The highest BCUT2D eigenvalue weighted by molar-refractivity contribution is 6.33. The van der Waals surface area contributed by atoms with Crippen LogP contribution < -0.4 is 5.32 Å². The van der Waals surface area contributed by atoms with Gasteiger partial charge in [0.05, 0.1) is 0 Å². The summed E-state index contributed by atoms with van der Waals surface area (Å²) in [7, 11) is 0. The van der Waals surface area contributed by atoms with Gasteiger partial charge in [-0.1, -0.05) is 54.1 Å². The minimum atomic E-state index is 0.788. The second-order valence-corrected chi connectivity index (χ2v) is 5.55. The molecule has 0 radical (unpaired) electrons. The molecule has 3 aromatic rings. The first-order valence-electron chi connectivity index (χ1n) is 7.36. The summed E-state index contributed by atoms with van der Waals surface area (Å²) in [5.74, 6) is 1.00. The summed E-state index contributed by atoms with van der Waals surface area (Å²) in [4.78, 5) is 7.30. The van der Waals surface area contributed by atoms with Crippen LogP contribution in [0.1, 0.15) is 11.4 Å². The molecule has 4 heteroatoms. The summed E-state index contributed by atoms with van der Waals surface area (Å²) in [6.07, 6.45) is 4.51. The van der Waals surface area contributed by atoms with Gasteiger partial charge in [0.2, 0.25) is 0 Å². The van der Waals surface area contributed by atoms with Crippen molar-refractivity contribution < 1.29 is 0 Å².